The number of benzene rings is 2. The molecule has 1 aliphatic heterocycles. The summed E-state index contributed by atoms with van der Waals surface area (Å²) in [6, 6.07) is 13.7. The zero-order chi connectivity index (χ0) is 19.2. The minimum absolute atomic E-state index is 0.0449. The van der Waals surface area contributed by atoms with E-state index in [2.05, 4.69) is 15.1 Å². The van der Waals surface area contributed by atoms with Gasteiger partial charge in [0.2, 0.25) is 5.91 Å². The van der Waals surface area contributed by atoms with E-state index in [9.17, 15) is 9.18 Å². The van der Waals surface area contributed by atoms with E-state index in [1.54, 1.807) is 12.1 Å². The number of hydrogen-bond donors (Lipinski definition) is 1. The van der Waals surface area contributed by atoms with Crippen molar-refractivity contribution in [1.82, 2.24) is 15.1 Å². The van der Waals surface area contributed by atoms with Crippen LogP contribution in [0.2, 0.25) is 0 Å². The number of halogens is 1. The van der Waals surface area contributed by atoms with Gasteiger partial charge < -0.3 is 15.0 Å². The molecule has 0 saturated carbocycles. The molecular formula is C21H26FN3O2. The number of ether oxygens (including phenoxy) is 1. The normalized spacial score (nSPS) is 17.8. The van der Waals surface area contributed by atoms with Gasteiger partial charge >= 0.3 is 0 Å². The summed E-state index contributed by atoms with van der Waals surface area (Å²) in [4.78, 5) is 16.6. The Bertz CT molecular complexity index is 747. The van der Waals surface area contributed by atoms with E-state index < -0.39 is 6.04 Å². The second-order valence-corrected chi connectivity index (χ2v) is 7.01. The van der Waals surface area contributed by atoms with Crippen molar-refractivity contribution < 1.29 is 13.9 Å². The van der Waals surface area contributed by atoms with Crippen molar-refractivity contribution in [2.24, 2.45) is 0 Å². The molecule has 1 N–H and O–H groups in total. The van der Waals surface area contributed by atoms with E-state index in [-0.39, 0.29) is 11.7 Å². The van der Waals surface area contributed by atoms with Crippen LogP contribution in [0.1, 0.15) is 17.2 Å². The molecule has 5 nitrogen and oxygen atoms in total. The first kappa shape index (κ1) is 19.3. The molecule has 0 radical (unpaired) electrons. The van der Waals surface area contributed by atoms with Gasteiger partial charge in [-0.05, 0) is 49.5 Å². The van der Waals surface area contributed by atoms with E-state index in [1.807, 2.05) is 38.4 Å². The van der Waals surface area contributed by atoms with Gasteiger partial charge in [-0.3, -0.25) is 9.69 Å². The van der Waals surface area contributed by atoms with Crippen LogP contribution in [0.4, 0.5) is 4.39 Å². The Balaban J connectivity index is 1.67. The van der Waals surface area contributed by atoms with Crippen molar-refractivity contribution in [2.45, 2.75) is 12.6 Å². The Morgan fingerprint density at radius 3 is 2.52 bits per heavy atom. The van der Waals surface area contributed by atoms with Crippen LogP contribution in [0.3, 0.4) is 0 Å². The summed E-state index contributed by atoms with van der Waals surface area (Å²) in [7, 11) is 4.03. The number of piperazine rings is 1. The number of hydrogen-bond acceptors (Lipinski definition) is 4. The van der Waals surface area contributed by atoms with Crippen LogP contribution in [-0.4, -0.2) is 56.0 Å². The Morgan fingerprint density at radius 1 is 1.15 bits per heavy atom. The minimum atomic E-state index is -0.407. The summed E-state index contributed by atoms with van der Waals surface area (Å²) in [6.45, 7) is 3.51. The highest BCUT2D eigenvalue weighted by atomic mass is 19.1. The zero-order valence-corrected chi connectivity index (χ0v) is 15.8. The lowest BCUT2D eigenvalue weighted by Crippen LogP contribution is -2.49. The van der Waals surface area contributed by atoms with Crippen LogP contribution < -0.4 is 10.1 Å². The van der Waals surface area contributed by atoms with Crippen molar-refractivity contribution in [2.75, 3.05) is 40.3 Å². The van der Waals surface area contributed by atoms with Gasteiger partial charge in [0.25, 0.3) is 0 Å². The van der Waals surface area contributed by atoms with Crippen LogP contribution in [0, 0.1) is 5.82 Å². The summed E-state index contributed by atoms with van der Waals surface area (Å²) in [6.07, 6.45) is 0. The summed E-state index contributed by atoms with van der Waals surface area (Å²) in [5.74, 6) is 0.495. The van der Waals surface area contributed by atoms with Gasteiger partial charge in [-0.1, -0.05) is 24.3 Å². The maximum atomic E-state index is 13.2. The molecule has 2 aromatic rings. The molecule has 0 aliphatic carbocycles. The van der Waals surface area contributed by atoms with Gasteiger partial charge in [-0.25, -0.2) is 4.39 Å². The number of rotatable bonds is 7. The van der Waals surface area contributed by atoms with Crippen molar-refractivity contribution in [1.29, 1.82) is 0 Å². The zero-order valence-electron chi connectivity index (χ0n) is 15.8. The summed E-state index contributed by atoms with van der Waals surface area (Å²) >= 11 is 0. The third-order valence-corrected chi connectivity index (χ3v) is 4.61. The molecule has 0 unspecified atom stereocenters. The Kier molecular flexibility index (Phi) is 6.42. The minimum Gasteiger partial charge on any atom is -0.492 e. The average Bonchev–Trinajstić information content (AvgIpc) is 2.64. The molecular weight excluding hydrogens is 345 g/mol. The number of nitrogens with zero attached hydrogens (tertiary/aromatic N) is 2. The predicted octanol–water partition coefficient (Wildman–Crippen LogP) is 2.44. The summed E-state index contributed by atoms with van der Waals surface area (Å²) in [5, 5.41) is 2.90. The molecule has 3 rings (SSSR count). The fourth-order valence-electron chi connectivity index (χ4n) is 3.16. The summed E-state index contributed by atoms with van der Waals surface area (Å²) < 4.78 is 19.0. The Labute approximate surface area is 159 Å². The molecule has 1 saturated heterocycles. The fourth-order valence-corrected chi connectivity index (χ4v) is 3.16. The fraction of sp³-hybridized carbons (Fsp3) is 0.381. The van der Waals surface area contributed by atoms with Gasteiger partial charge in [-0.2, -0.15) is 0 Å². The van der Waals surface area contributed by atoms with Gasteiger partial charge in [-0.15, -0.1) is 0 Å². The largest absolute Gasteiger partial charge is 0.492 e. The Hall–Kier alpha value is -2.44. The summed E-state index contributed by atoms with van der Waals surface area (Å²) in [5.41, 5.74) is 1.91. The molecule has 144 valence electrons. The van der Waals surface area contributed by atoms with Gasteiger partial charge in [0, 0.05) is 26.2 Å². The highest BCUT2D eigenvalue weighted by Gasteiger charge is 2.31. The first-order valence-electron chi connectivity index (χ1n) is 9.16. The molecule has 0 spiro atoms. The third-order valence-electron chi connectivity index (χ3n) is 4.61. The van der Waals surface area contributed by atoms with E-state index in [0.29, 0.717) is 19.7 Å². The molecule has 27 heavy (non-hydrogen) atoms. The molecule has 0 bridgehead atoms. The van der Waals surface area contributed by atoms with Gasteiger partial charge in [0.15, 0.2) is 0 Å². The predicted molar refractivity (Wildman–Crippen MR) is 103 cm³/mol. The van der Waals surface area contributed by atoms with E-state index >= 15 is 0 Å². The van der Waals surface area contributed by atoms with E-state index in [0.717, 1.165) is 30.0 Å². The van der Waals surface area contributed by atoms with Crippen molar-refractivity contribution >= 4 is 5.91 Å². The molecule has 1 aliphatic rings. The first-order chi connectivity index (χ1) is 13.0. The SMILES string of the molecule is CN(C)CCOc1ccc(CN2CCNC(=O)[C@@H]2c2ccc(F)cc2)cc1. The molecule has 1 fully saturated rings. The van der Waals surface area contributed by atoms with Crippen molar-refractivity contribution in [3.05, 3.63) is 65.5 Å². The van der Waals surface area contributed by atoms with Gasteiger partial charge in [0.1, 0.15) is 24.2 Å². The molecule has 1 amide bonds. The maximum Gasteiger partial charge on any atom is 0.242 e. The lowest BCUT2D eigenvalue weighted by molar-refractivity contribution is -0.129. The maximum absolute atomic E-state index is 13.2. The number of nitrogens with one attached hydrogen (secondary N) is 1. The standard InChI is InChI=1S/C21H26FN3O2/c1-24(2)13-14-27-19-9-3-16(4-10-19)15-25-12-11-23-21(26)20(25)17-5-7-18(22)8-6-17/h3-10,20H,11-15H2,1-2H3,(H,23,26)/t20-/m0/s1. The van der Waals surface area contributed by atoms with E-state index in [4.69, 9.17) is 4.74 Å². The van der Waals surface area contributed by atoms with Crippen LogP contribution in [-0.2, 0) is 11.3 Å². The van der Waals surface area contributed by atoms with Crippen LogP contribution in [0.15, 0.2) is 48.5 Å². The number of likely N-dealkylation sites (N-methyl/N-ethyl adjacent to an activating group) is 1. The lowest BCUT2D eigenvalue weighted by Gasteiger charge is -2.35. The molecule has 2 aromatic carbocycles. The first-order valence-corrected chi connectivity index (χ1v) is 9.16. The van der Waals surface area contributed by atoms with Crippen molar-refractivity contribution in [3.8, 4) is 5.75 Å². The smallest absolute Gasteiger partial charge is 0.242 e. The molecule has 1 atom stereocenters. The molecule has 1 heterocycles. The van der Waals surface area contributed by atoms with Gasteiger partial charge in [0.05, 0.1) is 0 Å². The van der Waals surface area contributed by atoms with Crippen LogP contribution in [0.25, 0.3) is 0 Å². The average molecular weight is 371 g/mol. The van der Waals surface area contributed by atoms with E-state index in [1.165, 1.54) is 12.1 Å². The molecule has 6 heteroatoms. The van der Waals surface area contributed by atoms with Crippen molar-refractivity contribution in [3.63, 3.8) is 0 Å². The topological polar surface area (TPSA) is 44.8 Å². The number of carbonyl (C=O) groups excluding carboxylic acids is 1. The van der Waals surface area contributed by atoms with Crippen LogP contribution >= 0.6 is 0 Å². The second kappa shape index (κ2) is 8.97. The monoisotopic (exact) mass is 371 g/mol. The second-order valence-electron chi connectivity index (χ2n) is 7.01. The molecule has 0 aromatic heterocycles. The Morgan fingerprint density at radius 2 is 1.85 bits per heavy atom. The highest BCUT2D eigenvalue weighted by Crippen LogP contribution is 2.26. The number of amides is 1. The lowest BCUT2D eigenvalue weighted by atomic mass is 10.0. The third kappa shape index (κ3) is 5.28. The highest BCUT2D eigenvalue weighted by molar-refractivity contribution is 5.83. The number of carbonyl (C=O) groups is 1. The quantitative estimate of drug-likeness (QED) is 0.812. The van der Waals surface area contributed by atoms with Crippen LogP contribution in [0.5, 0.6) is 5.75 Å².